The molecule has 1 saturated heterocycles. The number of likely N-dealkylation sites (tertiary alicyclic amines) is 1. The number of carbonyl (C=O) groups is 1. The third kappa shape index (κ3) is 2.70. The van der Waals surface area contributed by atoms with E-state index in [9.17, 15) is 4.79 Å². The molecule has 1 unspecified atom stereocenters. The van der Waals surface area contributed by atoms with Crippen LogP contribution in [0.3, 0.4) is 0 Å². The molecule has 1 aliphatic heterocycles. The number of carbonyl (C=O) groups excluding carboxylic acids is 1. The van der Waals surface area contributed by atoms with E-state index in [-0.39, 0.29) is 0 Å². The van der Waals surface area contributed by atoms with E-state index in [1.165, 1.54) is 27.6 Å². The molecule has 0 bridgehead atoms. The first-order chi connectivity index (χ1) is 12.8. The molecule has 2 heterocycles. The highest BCUT2D eigenvalue weighted by Gasteiger charge is 2.36. The van der Waals surface area contributed by atoms with Crippen LogP contribution >= 0.6 is 0 Å². The van der Waals surface area contributed by atoms with Gasteiger partial charge in [0.25, 0.3) is 0 Å². The average Bonchev–Trinajstić information content (AvgIpc) is 3.43. The Morgan fingerprint density at radius 1 is 1.04 bits per heavy atom. The molecular formula is C22H23N3O. The fourth-order valence-corrected chi connectivity index (χ4v) is 4.28. The number of aromatic nitrogens is 2. The number of nitrogens with one attached hydrogen (secondary N) is 1. The Hall–Kier alpha value is -2.62. The molecule has 1 saturated carbocycles. The first-order valence-electron chi connectivity index (χ1n) is 9.61. The smallest absolute Gasteiger partial charge is 0.225 e. The van der Waals surface area contributed by atoms with Crippen LogP contribution in [0, 0.1) is 5.92 Å². The summed E-state index contributed by atoms with van der Waals surface area (Å²) in [4.78, 5) is 14.6. The molecule has 2 aliphatic rings. The van der Waals surface area contributed by atoms with Gasteiger partial charge in [0, 0.05) is 36.2 Å². The van der Waals surface area contributed by atoms with E-state index in [1.54, 1.807) is 0 Å². The number of nitrogens with zero attached hydrogens (tertiary/aromatic N) is 2. The number of H-pyrrole nitrogens is 1. The lowest BCUT2D eigenvalue weighted by Gasteiger charge is -2.33. The first-order valence-corrected chi connectivity index (χ1v) is 9.61. The zero-order chi connectivity index (χ0) is 17.5. The van der Waals surface area contributed by atoms with Crippen LogP contribution in [0.1, 0.15) is 37.3 Å². The van der Waals surface area contributed by atoms with Crippen molar-refractivity contribution in [2.24, 2.45) is 5.92 Å². The number of hydrogen-bond acceptors (Lipinski definition) is 2. The van der Waals surface area contributed by atoms with Gasteiger partial charge >= 0.3 is 0 Å². The van der Waals surface area contributed by atoms with E-state index in [0.29, 0.717) is 17.7 Å². The Bertz CT molecular complexity index is 951. The predicted molar refractivity (Wildman–Crippen MR) is 103 cm³/mol. The van der Waals surface area contributed by atoms with Gasteiger partial charge in [0.2, 0.25) is 5.91 Å². The van der Waals surface area contributed by atoms with Crippen molar-refractivity contribution in [1.29, 1.82) is 0 Å². The van der Waals surface area contributed by atoms with Gasteiger partial charge in [-0.15, -0.1) is 0 Å². The highest BCUT2D eigenvalue weighted by atomic mass is 16.2. The number of piperidine rings is 1. The van der Waals surface area contributed by atoms with Crippen LogP contribution in [0.4, 0.5) is 0 Å². The van der Waals surface area contributed by atoms with Crippen LogP contribution in [-0.2, 0) is 4.79 Å². The van der Waals surface area contributed by atoms with E-state index in [4.69, 9.17) is 0 Å². The topological polar surface area (TPSA) is 49.0 Å². The zero-order valence-electron chi connectivity index (χ0n) is 14.8. The van der Waals surface area contributed by atoms with Gasteiger partial charge < -0.3 is 4.90 Å². The number of rotatable bonds is 3. The molecule has 1 atom stereocenters. The Morgan fingerprint density at radius 3 is 2.77 bits per heavy atom. The number of benzene rings is 2. The van der Waals surface area contributed by atoms with Crippen LogP contribution in [0.15, 0.2) is 48.7 Å². The summed E-state index contributed by atoms with van der Waals surface area (Å²) >= 11 is 0. The predicted octanol–water partition coefficient (Wildman–Crippen LogP) is 4.35. The fraction of sp³-hybridized carbons (Fsp3) is 0.364. The second kappa shape index (κ2) is 6.27. The van der Waals surface area contributed by atoms with Crippen LogP contribution in [-0.4, -0.2) is 34.1 Å². The first kappa shape index (κ1) is 15.6. The summed E-state index contributed by atoms with van der Waals surface area (Å²) in [6.45, 7) is 1.72. The van der Waals surface area contributed by atoms with Crippen LogP contribution in [0.2, 0.25) is 0 Å². The van der Waals surface area contributed by atoms with Gasteiger partial charge in [0.15, 0.2) is 0 Å². The summed E-state index contributed by atoms with van der Waals surface area (Å²) < 4.78 is 0. The molecule has 132 valence electrons. The van der Waals surface area contributed by atoms with Gasteiger partial charge in [-0.2, -0.15) is 5.10 Å². The second-order valence-electron chi connectivity index (χ2n) is 7.62. The lowest BCUT2D eigenvalue weighted by Crippen LogP contribution is -2.40. The normalized spacial score (nSPS) is 20.5. The maximum Gasteiger partial charge on any atom is 0.225 e. The maximum atomic E-state index is 12.5. The number of amides is 1. The summed E-state index contributed by atoms with van der Waals surface area (Å²) in [5.41, 5.74) is 3.57. The quantitative estimate of drug-likeness (QED) is 0.767. The third-order valence-corrected chi connectivity index (χ3v) is 5.82. The fourth-order valence-electron chi connectivity index (χ4n) is 4.28. The minimum Gasteiger partial charge on any atom is -0.342 e. The lowest BCUT2D eigenvalue weighted by atomic mass is 9.89. The van der Waals surface area contributed by atoms with Crippen molar-refractivity contribution in [1.82, 2.24) is 15.1 Å². The molecule has 4 nitrogen and oxygen atoms in total. The van der Waals surface area contributed by atoms with Crippen molar-refractivity contribution in [3.8, 4) is 11.1 Å². The van der Waals surface area contributed by atoms with Crippen molar-refractivity contribution < 1.29 is 4.79 Å². The average molecular weight is 345 g/mol. The second-order valence-corrected chi connectivity index (χ2v) is 7.62. The summed E-state index contributed by atoms with van der Waals surface area (Å²) in [5, 5.41) is 10.1. The van der Waals surface area contributed by atoms with Crippen LogP contribution in [0.25, 0.3) is 21.9 Å². The van der Waals surface area contributed by atoms with Gasteiger partial charge in [-0.1, -0.05) is 42.5 Å². The van der Waals surface area contributed by atoms with Crippen molar-refractivity contribution in [3.63, 3.8) is 0 Å². The Kier molecular flexibility index (Phi) is 3.77. The highest BCUT2D eigenvalue weighted by molar-refractivity contribution is 5.97. The molecule has 0 radical (unpaired) electrons. The molecule has 26 heavy (non-hydrogen) atoms. The van der Waals surface area contributed by atoms with Gasteiger partial charge in [-0.3, -0.25) is 9.89 Å². The molecule has 1 aromatic heterocycles. The van der Waals surface area contributed by atoms with Crippen molar-refractivity contribution in [2.45, 2.75) is 31.6 Å². The van der Waals surface area contributed by atoms with Crippen molar-refractivity contribution >= 4 is 16.7 Å². The summed E-state index contributed by atoms with van der Waals surface area (Å²) in [6.07, 6.45) is 6.26. The van der Waals surface area contributed by atoms with Crippen molar-refractivity contribution in [2.75, 3.05) is 13.1 Å². The monoisotopic (exact) mass is 345 g/mol. The molecule has 2 aromatic carbocycles. The minimum absolute atomic E-state index is 0.299. The number of hydrogen-bond donors (Lipinski definition) is 1. The number of aromatic amines is 1. The zero-order valence-corrected chi connectivity index (χ0v) is 14.8. The highest BCUT2D eigenvalue weighted by Crippen LogP contribution is 2.38. The van der Waals surface area contributed by atoms with E-state index >= 15 is 0 Å². The molecule has 1 N–H and O–H groups in total. The Labute approximate surface area is 153 Å². The third-order valence-electron chi connectivity index (χ3n) is 5.82. The van der Waals surface area contributed by atoms with Gasteiger partial charge in [-0.05, 0) is 42.0 Å². The standard InChI is InChI=1S/C22H23N3O/c26-22(16-10-11-16)25-12-4-7-17(14-25)21-20(13-23-24-21)19-9-3-6-15-5-1-2-8-18(15)19/h1-3,5-6,8-9,13,16-17H,4,7,10-12,14H2,(H,23,24). The molecule has 2 fully saturated rings. The Balaban J connectivity index is 1.50. The molecule has 1 aliphatic carbocycles. The van der Waals surface area contributed by atoms with Gasteiger partial charge in [-0.25, -0.2) is 0 Å². The molecule has 0 spiro atoms. The van der Waals surface area contributed by atoms with Gasteiger partial charge in [0.05, 0.1) is 6.20 Å². The minimum atomic E-state index is 0.299. The molecular weight excluding hydrogens is 322 g/mol. The van der Waals surface area contributed by atoms with E-state index in [1.807, 2.05) is 6.20 Å². The van der Waals surface area contributed by atoms with E-state index in [2.05, 4.69) is 57.6 Å². The molecule has 5 rings (SSSR count). The van der Waals surface area contributed by atoms with Crippen LogP contribution in [0.5, 0.6) is 0 Å². The molecule has 4 heteroatoms. The molecule has 1 amide bonds. The largest absolute Gasteiger partial charge is 0.342 e. The van der Waals surface area contributed by atoms with Crippen LogP contribution < -0.4 is 0 Å². The molecule has 3 aromatic rings. The van der Waals surface area contributed by atoms with E-state index < -0.39 is 0 Å². The summed E-state index contributed by atoms with van der Waals surface area (Å²) in [5.74, 6) is 0.997. The van der Waals surface area contributed by atoms with E-state index in [0.717, 1.165) is 38.8 Å². The number of fused-ring (bicyclic) bond motifs is 1. The Morgan fingerprint density at radius 2 is 1.88 bits per heavy atom. The summed E-state index contributed by atoms with van der Waals surface area (Å²) in [6, 6.07) is 14.9. The lowest BCUT2D eigenvalue weighted by molar-refractivity contribution is -0.133. The SMILES string of the molecule is O=C(C1CC1)N1CCCC(c2[nH]ncc2-c2cccc3ccccc23)C1. The van der Waals surface area contributed by atoms with Crippen molar-refractivity contribution in [3.05, 3.63) is 54.4 Å². The maximum absolute atomic E-state index is 12.5. The summed E-state index contributed by atoms with van der Waals surface area (Å²) in [7, 11) is 0. The van der Waals surface area contributed by atoms with Gasteiger partial charge in [0.1, 0.15) is 0 Å².